The van der Waals surface area contributed by atoms with E-state index in [1.807, 2.05) is 32.0 Å². The Labute approximate surface area is 165 Å². The smallest absolute Gasteiger partial charge is 0.220 e. The van der Waals surface area contributed by atoms with E-state index in [9.17, 15) is 4.79 Å². The number of benzene rings is 3. The molecule has 0 fully saturated rings. The Kier molecular flexibility index (Phi) is 5.11. The minimum atomic E-state index is -0.151. The predicted octanol–water partition coefficient (Wildman–Crippen LogP) is 5.22. The Bertz CT molecular complexity index is 1120. The molecule has 1 unspecified atom stereocenters. The van der Waals surface area contributed by atoms with Crippen LogP contribution in [0, 0.1) is 0 Å². The van der Waals surface area contributed by atoms with E-state index in [1.54, 1.807) is 0 Å². The second-order valence-electron chi connectivity index (χ2n) is 7.22. The number of aromatic nitrogens is 2. The number of amides is 1. The highest BCUT2D eigenvalue weighted by Crippen LogP contribution is 2.25. The molecule has 0 aliphatic carbocycles. The van der Waals surface area contributed by atoms with Crippen LogP contribution in [0.2, 0.25) is 0 Å². The molecule has 142 valence electrons. The molecule has 1 atom stereocenters. The fraction of sp³-hybridized carbons (Fsp3) is 0.250. The first-order chi connectivity index (χ1) is 13.7. The molecule has 0 saturated carbocycles. The molecular formula is C24H25N3O. The molecule has 4 aromatic rings. The van der Waals surface area contributed by atoms with E-state index in [1.165, 1.54) is 16.3 Å². The van der Waals surface area contributed by atoms with Crippen molar-refractivity contribution in [2.75, 3.05) is 0 Å². The van der Waals surface area contributed by atoms with Gasteiger partial charge in [-0.3, -0.25) is 4.79 Å². The molecule has 3 aromatic carbocycles. The molecule has 1 N–H and O–H groups in total. The average Bonchev–Trinajstić information content (AvgIpc) is 3.07. The largest absolute Gasteiger partial charge is 0.346 e. The predicted molar refractivity (Wildman–Crippen MR) is 114 cm³/mol. The lowest BCUT2D eigenvalue weighted by Crippen LogP contribution is -2.28. The average molecular weight is 371 g/mol. The number of imidazole rings is 1. The second-order valence-corrected chi connectivity index (χ2v) is 7.22. The number of hydrogen-bond donors (Lipinski definition) is 1. The summed E-state index contributed by atoms with van der Waals surface area (Å²) in [5.74, 6) is 0.956. The molecular weight excluding hydrogens is 346 g/mol. The highest BCUT2D eigenvalue weighted by molar-refractivity contribution is 5.86. The minimum absolute atomic E-state index is 0.0683. The van der Waals surface area contributed by atoms with Crippen LogP contribution in [0.15, 0.2) is 66.7 Å². The van der Waals surface area contributed by atoms with Gasteiger partial charge in [-0.25, -0.2) is 4.98 Å². The van der Waals surface area contributed by atoms with Crippen LogP contribution >= 0.6 is 0 Å². The standard InChI is InChI=1S/C24H25N3O/c1-3-9-23(28)25-17(2)24-26-21-14-6-7-15-22(21)27(24)16-19-12-8-11-18-10-4-5-13-20(18)19/h4-8,10-15,17H,3,9,16H2,1-2H3,(H,25,28). The summed E-state index contributed by atoms with van der Waals surface area (Å²) in [6.07, 6.45) is 1.37. The third kappa shape index (κ3) is 3.50. The van der Waals surface area contributed by atoms with Crippen LogP contribution in [0.3, 0.4) is 0 Å². The van der Waals surface area contributed by atoms with Gasteiger partial charge in [0.1, 0.15) is 5.82 Å². The van der Waals surface area contributed by atoms with Crippen LogP contribution in [-0.4, -0.2) is 15.5 Å². The van der Waals surface area contributed by atoms with E-state index in [4.69, 9.17) is 4.98 Å². The van der Waals surface area contributed by atoms with Gasteiger partial charge in [-0.05, 0) is 41.8 Å². The van der Waals surface area contributed by atoms with Gasteiger partial charge in [0, 0.05) is 6.42 Å². The number of para-hydroxylation sites is 2. The van der Waals surface area contributed by atoms with Crippen molar-refractivity contribution in [3.05, 3.63) is 78.1 Å². The Hall–Kier alpha value is -3.14. The van der Waals surface area contributed by atoms with Crippen molar-refractivity contribution in [1.29, 1.82) is 0 Å². The maximum Gasteiger partial charge on any atom is 0.220 e. The third-order valence-corrected chi connectivity index (χ3v) is 5.13. The number of nitrogens with one attached hydrogen (secondary N) is 1. The monoisotopic (exact) mass is 371 g/mol. The van der Waals surface area contributed by atoms with Gasteiger partial charge in [-0.1, -0.05) is 61.5 Å². The molecule has 0 saturated heterocycles. The molecule has 0 bridgehead atoms. The second kappa shape index (κ2) is 7.85. The van der Waals surface area contributed by atoms with Crippen molar-refractivity contribution in [2.45, 2.75) is 39.3 Å². The van der Waals surface area contributed by atoms with E-state index >= 15 is 0 Å². The molecule has 4 heteroatoms. The van der Waals surface area contributed by atoms with Gasteiger partial charge >= 0.3 is 0 Å². The van der Waals surface area contributed by atoms with E-state index < -0.39 is 0 Å². The van der Waals surface area contributed by atoms with Crippen LogP contribution in [0.1, 0.15) is 44.1 Å². The number of rotatable bonds is 6. The molecule has 0 radical (unpaired) electrons. The SMILES string of the molecule is CCCC(=O)NC(C)c1nc2ccccc2n1Cc1cccc2ccccc12. The van der Waals surface area contributed by atoms with Crippen LogP contribution < -0.4 is 5.32 Å². The minimum Gasteiger partial charge on any atom is -0.346 e. The number of carbonyl (C=O) groups excluding carboxylic acids is 1. The Morgan fingerprint density at radius 1 is 1.04 bits per heavy atom. The van der Waals surface area contributed by atoms with Gasteiger partial charge in [0.15, 0.2) is 0 Å². The molecule has 1 amide bonds. The summed E-state index contributed by atoms with van der Waals surface area (Å²) < 4.78 is 2.23. The Balaban J connectivity index is 1.78. The van der Waals surface area contributed by atoms with Gasteiger partial charge < -0.3 is 9.88 Å². The zero-order chi connectivity index (χ0) is 19.5. The fourth-order valence-electron chi connectivity index (χ4n) is 3.80. The number of nitrogens with zero attached hydrogens (tertiary/aromatic N) is 2. The van der Waals surface area contributed by atoms with E-state index in [0.29, 0.717) is 13.0 Å². The van der Waals surface area contributed by atoms with Crippen molar-refractivity contribution < 1.29 is 4.79 Å². The number of fused-ring (bicyclic) bond motifs is 2. The molecule has 1 aromatic heterocycles. The van der Waals surface area contributed by atoms with Crippen LogP contribution in [0.25, 0.3) is 21.8 Å². The van der Waals surface area contributed by atoms with Crippen molar-refractivity contribution in [3.8, 4) is 0 Å². The maximum atomic E-state index is 12.1. The van der Waals surface area contributed by atoms with Gasteiger partial charge in [0.2, 0.25) is 5.91 Å². The normalized spacial score (nSPS) is 12.4. The quantitative estimate of drug-likeness (QED) is 0.505. The molecule has 4 nitrogen and oxygen atoms in total. The highest BCUT2D eigenvalue weighted by Gasteiger charge is 2.18. The highest BCUT2D eigenvalue weighted by atomic mass is 16.1. The van der Waals surface area contributed by atoms with E-state index in [0.717, 1.165) is 23.3 Å². The zero-order valence-corrected chi connectivity index (χ0v) is 16.4. The first-order valence-electron chi connectivity index (χ1n) is 9.88. The lowest BCUT2D eigenvalue weighted by molar-refractivity contribution is -0.121. The van der Waals surface area contributed by atoms with Crippen molar-refractivity contribution in [2.24, 2.45) is 0 Å². The topological polar surface area (TPSA) is 46.9 Å². The summed E-state index contributed by atoms with van der Waals surface area (Å²) in [4.78, 5) is 17.0. The lowest BCUT2D eigenvalue weighted by Gasteiger charge is -2.17. The van der Waals surface area contributed by atoms with Gasteiger partial charge in [-0.2, -0.15) is 0 Å². The van der Waals surface area contributed by atoms with Crippen molar-refractivity contribution >= 4 is 27.7 Å². The summed E-state index contributed by atoms with van der Waals surface area (Å²) in [6, 6.07) is 22.9. The zero-order valence-electron chi connectivity index (χ0n) is 16.4. The van der Waals surface area contributed by atoms with E-state index in [2.05, 4.69) is 58.4 Å². The molecule has 4 rings (SSSR count). The fourth-order valence-corrected chi connectivity index (χ4v) is 3.80. The third-order valence-electron chi connectivity index (χ3n) is 5.13. The van der Waals surface area contributed by atoms with Crippen molar-refractivity contribution in [3.63, 3.8) is 0 Å². The summed E-state index contributed by atoms with van der Waals surface area (Å²) >= 11 is 0. The van der Waals surface area contributed by atoms with Gasteiger partial charge in [0.05, 0.1) is 23.6 Å². The summed E-state index contributed by atoms with van der Waals surface area (Å²) in [5.41, 5.74) is 3.28. The van der Waals surface area contributed by atoms with Crippen LogP contribution in [-0.2, 0) is 11.3 Å². The van der Waals surface area contributed by atoms with Crippen LogP contribution in [0.4, 0.5) is 0 Å². The Morgan fingerprint density at radius 2 is 1.79 bits per heavy atom. The summed E-state index contributed by atoms with van der Waals surface area (Å²) in [6.45, 7) is 4.74. The van der Waals surface area contributed by atoms with Gasteiger partial charge in [-0.15, -0.1) is 0 Å². The summed E-state index contributed by atoms with van der Waals surface area (Å²) in [5, 5.41) is 5.58. The first-order valence-corrected chi connectivity index (χ1v) is 9.88. The van der Waals surface area contributed by atoms with Gasteiger partial charge in [0.25, 0.3) is 0 Å². The molecule has 0 spiro atoms. The van der Waals surface area contributed by atoms with E-state index in [-0.39, 0.29) is 11.9 Å². The molecule has 28 heavy (non-hydrogen) atoms. The maximum absolute atomic E-state index is 12.1. The molecule has 0 aliphatic rings. The molecule has 1 heterocycles. The summed E-state index contributed by atoms with van der Waals surface area (Å²) in [7, 11) is 0. The lowest BCUT2D eigenvalue weighted by atomic mass is 10.0. The Morgan fingerprint density at radius 3 is 2.64 bits per heavy atom. The number of hydrogen-bond acceptors (Lipinski definition) is 2. The molecule has 0 aliphatic heterocycles. The number of carbonyl (C=O) groups is 1. The van der Waals surface area contributed by atoms with Crippen LogP contribution in [0.5, 0.6) is 0 Å². The first kappa shape index (κ1) is 18.2. The van der Waals surface area contributed by atoms with Crippen molar-refractivity contribution in [1.82, 2.24) is 14.9 Å².